The number of hydrogen-bond donors (Lipinski definition) is 1. The van der Waals surface area contributed by atoms with Gasteiger partial charge in [-0.25, -0.2) is 0 Å². The van der Waals surface area contributed by atoms with Crippen molar-refractivity contribution < 1.29 is 19.1 Å². The molecule has 0 aromatic heterocycles. The normalized spacial score (nSPS) is 17.0. The Morgan fingerprint density at radius 3 is 2.33 bits per heavy atom. The Morgan fingerprint density at radius 2 is 1.83 bits per heavy atom. The van der Waals surface area contributed by atoms with Crippen LogP contribution in [0.1, 0.15) is 19.8 Å². The smallest absolute Gasteiger partial charge is 0.311 e. The number of rotatable bonds is 4. The summed E-state index contributed by atoms with van der Waals surface area (Å²) < 4.78 is 9.85. The third kappa shape index (κ3) is 4.27. The van der Waals surface area contributed by atoms with Gasteiger partial charge in [-0.05, 0) is 18.8 Å². The van der Waals surface area contributed by atoms with Crippen molar-refractivity contribution in [1.82, 2.24) is 10.2 Å². The van der Waals surface area contributed by atoms with E-state index in [1.54, 1.807) is 4.90 Å². The molecule has 1 fully saturated rings. The van der Waals surface area contributed by atoms with Crippen LogP contribution in [-0.2, 0) is 19.1 Å². The van der Waals surface area contributed by atoms with Crippen LogP contribution in [0.3, 0.4) is 0 Å². The number of hydrogen-bond acceptors (Lipinski definition) is 4. The molecule has 0 aromatic rings. The van der Waals surface area contributed by atoms with Crippen LogP contribution in [0.2, 0.25) is 0 Å². The summed E-state index contributed by atoms with van der Waals surface area (Å²) in [6.07, 6.45) is 1.39. The summed E-state index contributed by atoms with van der Waals surface area (Å²) in [5.41, 5.74) is 0. The molecule has 1 heterocycles. The molecule has 0 radical (unpaired) electrons. The topological polar surface area (TPSA) is 67.9 Å². The second kappa shape index (κ2) is 7.33. The Hall–Kier alpha value is -1.14. The van der Waals surface area contributed by atoms with Gasteiger partial charge in [-0.15, -0.1) is 0 Å². The predicted molar refractivity (Wildman–Crippen MR) is 65.8 cm³/mol. The Balaban J connectivity index is 2.35. The molecule has 1 aliphatic heterocycles. The third-order valence-corrected chi connectivity index (χ3v) is 3.22. The lowest BCUT2D eigenvalue weighted by molar-refractivity contribution is -0.148. The van der Waals surface area contributed by atoms with Crippen molar-refractivity contribution in [1.29, 1.82) is 0 Å². The molecule has 18 heavy (non-hydrogen) atoms. The number of nitrogens with zero attached hydrogens (tertiary/aromatic N) is 1. The van der Waals surface area contributed by atoms with Crippen LogP contribution in [0.25, 0.3) is 0 Å². The first-order valence-corrected chi connectivity index (χ1v) is 6.21. The summed E-state index contributed by atoms with van der Waals surface area (Å²) in [5.74, 6) is -0.431. The summed E-state index contributed by atoms with van der Waals surface area (Å²) in [6, 6.07) is 0. The monoisotopic (exact) mass is 258 g/mol. The fraction of sp³-hybridized carbons (Fsp3) is 0.833. The van der Waals surface area contributed by atoms with E-state index in [9.17, 15) is 9.59 Å². The zero-order valence-corrected chi connectivity index (χ0v) is 11.3. The molecule has 6 nitrogen and oxygen atoms in total. The van der Waals surface area contributed by atoms with Gasteiger partial charge in [0.1, 0.15) is 0 Å². The molecule has 1 saturated heterocycles. The second-order valence-corrected chi connectivity index (χ2v) is 4.59. The van der Waals surface area contributed by atoms with E-state index in [0.717, 1.165) is 12.8 Å². The van der Waals surface area contributed by atoms with Crippen molar-refractivity contribution in [3.63, 3.8) is 0 Å². The van der Waals surface area contributed by atoms with E-state index in [0.29, 0.717) is 19.0 Å². The maximum absolute atomic E-state index is 11.8. The van der Waals surface area contributed by atoms with E-state index in [4.69, 9.17) is 9.47 Å². The average Bonchev–Trinajstić information content (AvgIpc) is 2.39. The van der Waals surface area contributed by atoms with Crippen LogP contribution in [-0.4, -0.2) is 56.9 Å². The van der Waals surface area contributed by atoms with Crippen molar-refractivity contribution in [3.8, 4) is 0 Å². The quantitative estimate of drug-likeness (QED) is 0.568. The molecule has 1 aliphatic rings. The van der Waals surface area contributed by atoms with Crippen LogP contribution in [0.5, 0.6) is 0 Å². The van der Waals surface area contributed by atoms with Crippen molar-refractivity contribution in [2.24, 2.45) is 5.92 Å². The van der Waals surface area contributed by atoms with Crippen LogP contribution in [0, 0.1) is 5.92 Å². The standard InChI is InChI=1S/C12H22N2O4/c1-9-4-6-14(7-5-9)12(16)11(15)13-8-10(17-2)18-3/h9-10H,4-8H2,1-3H3,(H,13,15). The van der Waals surface area contributed by atoms with Crippen molar-refractivity contribution in [3.05, 3.63) is 0 Å². The minimum absolute atomic E-state index is 0.168. The van der Waals surface area contributed by atoms with E-state index in [2.05, 4.69) is 12.2 Å². The molecule has 0 saturated carbocycles. The molecule has 0 spiro atoms. The van der Waals surface area contributed by atoms with Gasteiger partial charge in [0.05, 0.1) is 6.54 Å². The van der Waals surface area contributed by atoms with Crippen molar-refractivity contribution in [2.45, 2.75) is 26.1 Å². The van der Waals surface area contributed by atoms with Gasteiger partial charge in [0.25, 0.3) is 0 Å². The molecule has 104 valence electrons. The largest absolute Gasteiger partial charge is 0.354 e. The number of likely N-dealkylation sites (tertiary alicyclic amines) is 1. The SMILES string of the molecule is COC(CNC(=O)C(=O)N1CCC(C)CC1)OC. The van der Waals surface area contributed by atoms with Gasteiger partial charge in [-0.3, -0.25) is 9.59 Å². The fourth-order valence-electron chi connectivity index (χ4n) is 1.87. The molecule has 0 aliphatic carbocycles. The highest BCUT2D eigenvalue weighted by atomic mass is 16.7. The van der Waals surface area contributed by atoms with E-state index in [-0.39, 0.29) is 6.54 Å². The van der Waals surface area contributed by atoms with Crippen LogP contribution in [0.4, 0.5) is 0 Å². The van der Waals surface area contributed by atoms with E-state index >= 15 is 0 Å². The van der Waals surface area contributed by atoms with Crippen LogP contribution < -0.4 is 5.32 Å². The fourth-order valence-corrected chi connectivity index (χ4v) is 1.87. The molecule has 1 N–H and O–H groups in total. The van der Waals surface area contributed by atoms with Gasteiger partial charge in [-0.2, -0.15) is 0 Å². The molecule has 0 atom stereocenters. The number of amides is 2. The summed E-state index contributed by atoms with van der Waals surface area (Å²) in [7, 11) is 2.96. The number of piperidine rings is 1. The van der Waals surface area contributed by atoms with E-state index in [1.807, 2.05) is 0 Å². The molecule has 0 aromatic carbocycles. The second-order valence-electron chi connectivity index (χ2n) is 4.59. The lowest BCUT2D eigenvalue weighted by Gasteiger charge is -2.29. The highest BCUT2D eigenvalue weighted by Gasteiger charge is 2.25. The van der Waals surface area contributed by atoms with Gasteiger partial charge in [-0.1, -0.05) is 6.92 Å². The highest BCUT2D eigenvalue weighted by molar-refractivity contribution is 6.35. The maximum Gasteiger partial charge on any atom is 0.311 e. The van der Waals surface area contributed by atoms with Gasteiger partial charge in [0.2, 0.25) is 0 Å². The summed E-state index contributed by atoms with van der Waals surface area (Å²) in [5, 5.41) is 2.51. The molecular weight excluding hydrogens is 236 g/mol. The Kier molecular flexibility index (Phi) is 6.07. The summed E-state index contributed by atoms with van der Waals surface area (Å²) in [6.45, 7) is 3.64. The Morgan fingerprint density at radius 1 is 1.28 bits per heavy atom. The number of ether oxygens (including phenoxy) is 2. The first-order chi connectivity index (χ1) is 8.58. The molecular formula is C12H22N2O4. The van der Waals surface area contributed by atoms with Gasteiger partial charge < -0.3 is 19.7 Å². The summed E-state index contributed by atoms with van der Waals surface area (Å²) >= 11 is 0. The van der Waals surface area contributed by atoms with Crippen LogP contribution in [0.15, 0.2) is 0 Å². The minimum Gasteiger partial charge on any atom is -0.354 e. The lowest BCUT2D eigenvalue weighted by atomic mass is 9.99. The van der Waals surface area contributed by atoms with E-state index in [1.165, 1.54) is 14.2 Å². The molecule has 0 unspecified atom stereocenters. The van der Waals surface area contributed by atoms with Gasteiger partial charge in [0, 0.05) is 27.3 Å². The Labute approximate surface area is 108 Å². The van der Waals surface area contributed by atoms with Gasteiger partial charge in [0.15, 0.2) is 6.29 Å². The Bertz CT molecular complexity index is 284. The van der Waals surface area contributed by atoms with E-state index < -0.39 is 18.1 Å². The first-order valence-electron chi connectivity index (χ1n) is 6.21. The van der Waals surface area contributed by atoms with Crippen molar-refractivity contribution in [2.75, 3.05) is 33.9 Å². The third-order valence-electron chi connectivity index (χ3n) is 3.22. The highest BCUT2D eigenvalue weighted by Crippen LogP contribution is 2.15. The number of carbonyl (C=O) groups is 2. The predicted octanol–water partition coefficient (Wildman–Crippen LogP) is -0.0200. The molecule has 0 bridgehead atoms. The summed E-state index contributed by atoms with van der Waals surface area (Å²) in [4.78, 5) is 25.1. The zero-order chi connectivity index (χ0) is 13.5. The number of methoxy groups -OCH3 is 2. The van der Waals surface area contributed by atoms with Gasteiger partial charge >= 0.3 is 11.8 Å². The lowest BCUT2D eigenvalue weighted by Crippen LogP contribution is -2.47. The maximum atomic E-state index is 11.8. The molecule has 2 amide bonds. The van der Waals surface area contributed by atoms with Crippen LogP contribution >= 0.6 is 0 Å². The molecule has 6 heteroatoms. The zero-order valence-electron chi connectivity index (χ0n) is 11.3. The number of nitrogens with one attached hydrogen (secondary N) is 1. The average molecular weight is 258 g/mol. The van der Waals surface area contributed by atoms with Crippen molar-refractivity contribution >= 4 is 11.8 Å². The first kappa shape index (κ1) is 14.9. The molecule has 1 rings (SSSR count). The minimum atomic E-state index is -0.594. The number of carbonyl (C=O) groups excluding carboxylic acids is 2.